The Morgan fingerprint density at radius 3 is 2.54 bits per heavy atom. The van der Waals surface area contributed by atoms with Gasteiger partial charge in [0.05, 0.1) is 22.4 Å². The van der Waals surface area contributed by atoms with E-state index in [0.29, 0.717) is 19.6 Å². The Labute approximate surface area is 169 Å². The molecule has 1 aliphatic heterocycles. The van der Waals surface area contributed by atoms with Crippen LogP contribution in [0.1, 0.15) is 10.4 Å². The number of benzene rings is 1. The van der Waals surface area contributed by atoms with Crippen molar-refractivity contribution in [3.8, 4) is 6.07 Å². The van der Waals surface area contributed by atoms with Gasteiger partial charge in [-0.05, 0) is 23.6 Å². The minimum absolute atomic E-state index is 0.0254. The van der Waals surface area contributed by atoms with Gasteiger partial charge >= 0.3 is 0 Å². The summed E-state index contributed by atoms with van der Waals surface area (Å²) in [4.78, 5) is 16.6. The Kier molecular flexibility index (Phi) is 6.46. The molecule has 2 aromatic rings. The van der Waals surface area contributed by atoms with Crippen molar-refractivity contribution in [3.05, 3.63) is 52.2 Å². The van der Waals surface area contributed by atoms with Gasteiger partial charge in [-0.25, -0.2) is 8.42 Å². The van der Waals surface area contributed by atoms with Gasteiger partial charge in [-0.3, -0.25) is 4.79 Å². The van der Waals surface area contributed by atoms with Crippen LogP contribution < -0.4 is 4.90 Å². The summed E-state index contributed by atoms with van der Waals surface area (Å²) >= 11 is 1.68. The van der Waals surface area contributed by atoms with Crippen molar-refractivity contribution in [3.63, 3.8) is 0 Å². The number of thiophene rings is 1. The maximum Gasteiger partial charge on any atom is 0.277 e. The molecule has 1 fully saturated rings. The van der Waals surface area contributed by atoms with Gasteiger partial charge in [0.2, 0.25) is 10.0 Å². The normalized spacial score (nSPS) is 16.5. The number of carbonyl (C=O) groups excluding carboxylic acids is 1. The molecule has 0 radical (unpaired) electrons. The Bertz CT molecular complexity index is 959. The van der Waals surface area contributed by atoms with Crippen LogP contribution in [-0.4, -0.2) is 63.3 Å². The van der Waals surface area contributed by atoms with E-state index in [4.69, 9.17) is 0 Å². The van der Waals surface area contributed by atoms with Gasteiger partial charge in [0.1, 0.15) is 12.6 Å². The fraction of sp³-hybridized carbons (Fsp3) is 0.368. The highest BCUT2D eigenvalue weighted by molar-refractivity contribution is 7.89. The van der Waals surface area contributed by atoms with Crippen LogP contribution in [0.2, 0.25) is 0 Å². The van der Waals surface area contributed by atoms with Gasteiger partial charge in [0, 0.05) is 26.2 Å². The zero-order valence-corrected chi connectivity index (χ0v) is 17.3. The van der Waals surface area contributed by atoms with Crippen LogP contribution >= 0.6 is 11.3 Å². The third kappa shape index (κ3) is 4.59. The Balaban J connectivity index is 1.58. The van der Waals surface area contributed by atoms with E-state index in [2.05, 4.69) is 6.07 Å². The lowest BCUT2D eigenvalue weighted by molar-refractivity contribution is -0.885. The van der Waals surface area contributed by atoms with Gasteiger partial charge in [-0.15, -0.1) is 11.3 Å². The first-order valence-corrected chi connectivity index (χ1v) is 11.3. The molecular weight excluding hydrogens is 396 g/mol. The van der Waals surface area contributed by atoms with E-state index in [0.717, 1.165) is 11.4 Å². The fourth-order valence-corrected chi connectivity index (χ4v) is 5.63. The molecule has 9 heteroatoms. The average molecular weight is 420 g/mol. The van der Waals surface area contributed by atoms with Crippen LogP contribution in [0.5, 0.6) is 0 Å². The summed E-state index contributed by atoms with van der Waals surface area (Å²) in [6.45, 7) is 2.36. The maximum absolute atomic E-state index is 12.9. The SMILES string of the molecule is C[NH+](CC(=O)N1CCN(S(=O)(=O)c2ccccc2C#N)CC1)Cc1cccs1. The van der Waals surface area contributed by atoms with E-state index in [1.165, 1.54) is 21.3 Å². The van der Waals surface area contributed by atoms with Crippen LogP contribution in [0.3, 0.4) is 0 Å². The predicted molar refractivity (Wildman–Crippen MR) is 106 cm³/mol. The molecule has 0 spiro atoms. The smallest absolute Gasteiger partial charge is 0.277 e. The van der Waals surface area contributed by atoms with E-state index in [-0.39, 0.29) is 29.5 Å². The molecule has 148 valence electrons. The molecule has 0 bridgehead atoms. The first-order valence-electron chi connectivity index (χ1n) is 9.02. The molecule has 1 amide bonds. The molecule has 1 atom stereocenters. The molecule has 1 aliphatic rings. The lowest BCUT2D eigenvalue weighted by atomic mass is 10.2. The number of sulfonamides is 1. The second-order valence-corrected chi connectivity index (χ2v) is 9.72. The molecule has 0 saturated carbocycles. The topological polar surface area (TPSA) is 85.9 Å². The Morgan fingerprint density at radius 1 is 1.18 bits per heavy atom. The third-order valence-electron chi connectivity index (χ3n) is 4.73. The van der Waals surface area contributed by atoms with E-state index in [9.17, 15) is 18.5 Å². The maximum atomic E-state index is 12.9. The number of amides is 1. The summed E-state index contributed by atoms with van der Waals surface area (Å²) in [5.74, 6) is 0.0310. The van der Waals surface area contributed by atoms with Gasteiger partial charge in [0.25, 0.3) is 5.91 Å². The van der Waals surface area contributed by atoms with Crippen LogP contribution in [0, 0.1) is 11.3 Å². The standard InChI is InChI=1S/C19H22N4O3S2/c1-21(14-17-6-4-12-27-17)15-19(24)22-8-10-23(11-9-22)28(25,26)18-7-3-2-5-16(18)13-20/h2-7,12H,8-11,14-15H2,1H3/p+1. The lowest BCUT2D eigenvalue weighted by Gasteiger charge is -2.34. The zero-order valence-electron chi connectivity index (χ0n) is 15.7. The average Bonchev–Trinajstić information content (AvgIpc) is 3.20. The third-order valence-corrected chi connectivity index (χ3v) is 7.56. The number of hydrogen-bond donors (Lipinski definition) is 1. The predicted octanol–water partition coefficient (Wildman–Crippen LogP) is 0.168. The highest BCUT2D eigenvalue weighted by Crippen LogP contribution is 2.21. The minimum atomic E-state index is -3.74. The number of likely N-dealkylation sites (N-methyl/N-ethyl adjacent to an activating group) is 1. The number of quaternary nitrogens is 1. The summed E-state index contributed by atoms with van der Waals surface area (Å²) in [7, 11) is -1.76. The van der Waals surface area contributed by atoms with Gasteiger partial charge < -0.3 is 9.80 Å². The first kappa shape index (κ1) is 20.5. The monoisotopic (exact) mass is 419 g/mol. The van der Waals surface area contributed by atoms with Crippen molar-refractivity contribution in [2.75, 3.05) is 39.8 Å². The molecule has 28 heavy (non-hydrogen) atoms. The van der Waals surface area contributed by atoms with Crippen molar-refractivity contribution >= 4 is 27.3 Å². The van der Waals surface area contributed by atoms with E-state index in [1.807, 2.05) is 24.6 Å². The van der Waals surface area contributed by atoms with Crippen molar-refractivity contribution in [2.24, 2.45) is 0 Å². The highest BCUT2D eigenvalue weighted by Gasteiger charge is 2.32. The second kappa shape index (κ2) is 8.84. The number of nitrogens with one attached hydrogen (secondary N) is 1. The molecule has 1 aromatic carbocycles. The molecule has 1 unspecified atom stereocenters. The number of nitrogens with zero attached hydrogens (tertiary/aromatic N) is 3. The van der Waals surface area contributed by atoms with Crippen molar-refractivity contribution in [2.45, 2.75) is 11.4 Å². The van der Waals surface area contributed by atoms with Gasteiger partial charge in [0.15, 0.2) is 6.54 Å². The first-order chi connectivity index (χ1) is 13.4. The summed E-state index contributed by atoms with van der Waals surface area (Å²) < 4.78 is 27.1. The minimum Gasteiger partial charge on any atom is -0.335 e. The van der Waals surface area contributed by atoms with Crippen molar-refractivity contribution in [1.82, 2.24) is 9.21 Å². The molecule has 7 nitrogen and oxygen atoms in total. The Hall–Kier alpha value is -2.25. The molecule has 1 N–H and O–H groups in total. The molecular formula is C19H23N4O3S2+. The number of piperazine rings is 1. The summed E-state index contributed by atoms with van der Waals surface area (Å²) in [5, 5.41) is 11.2. The summed E-state index contributed by atoms with van der Waals surface area (Å²) in [5.41, 5.74) is 0.139. The largest absolute Gasteiger partial charge is 0.335 e. The number of rotatable bonds is 6. The summed E-state index contributed by atoms with van der Waals surface area (Å²) in [6, 6.07) is 12.2. The van der Waals surface area contributed by atoms with Crippen LogP contribution in [0.15, 0.2) is 46.7 Å². The summed E-state index contributed by atoms with van der Waals surface area (Å²) in [6.07, 6.45) is 0. The number of carbonyl (C=O) groups is 1. The number of nitriles is 1. The molecule has 1 aromatic heterocycles. The molecule has 0 aliphatic carbocycles. The molecule has 1 saturated heterocycles. The second-order valence-electron chi connectivity index (χ2n) is 6.78. The van der Waals surface area contributed by atoms with E-state index < -0.39 is 10.0 Å². The zero-order chi connectivity index (χ0) is 20.1. The molecule has 3 rings (SSSR count). The van der Waals surface area contributed by atoms with Crippen LogP contribution in [0.25, 0.3) is 0 Å². The van der Waals surface area contributed by atoms with E-state index in [1.54, 1.807) is 28.4 Å². The quantitative estimate of drug-likeness (QED) is 0.723. The Morgan fingerprint density at radius 2 is 1.89 bits per heavy atom. The van der Waals surface area contributed by atoms with Gasteiger partial charge in [-0.1, -0.05) is 18.2 Å². The van der Waals surface area contributed by atoms with Crippen LogP contribution in [-0.2, 0) is 21.4 Å². The number of hydrogen-bond acceptors (Lipinski definition) is 5. The molecule has 2 heterocycles. The highest BCUT2D eigenvalue weighted by atomic mass is 32.2. The fourth-order valence-electron chi connectivity index (χ4n) is 3.24. The van der Waals surface area contributed by atoms with Gasteiger partial charge in [-0.2, -0.15) is 9.57 Å². The van der Waals surface area contributed by atoms with Crippen LogP contribution in [0.4, 0.5) is 0 Å². The van der Waals surface area contributed by atoms with Crippen molar-refractivity contribution < 1.29 is 18.1 Å². The van der Waals surface area contributed by atoms with E-state index >= 15 is 0 Å². The lowest BCUT2D eigenvalue weighted by Crippen LogP contribution is -3.08. The van der Waals surface area contributed by atoms with Crippen molar-refractivity contribution in [1.29, 1.82) is 5.26 Å².